The van der Waals surface area contributed by atoms with Gasteiger partial charge in [-0.15, -0.1) is 11.8 Å². The summed E-state index contributed by atoms with van der Waals surface area (Å²) in [6.07, 6.45) is 8.02. The largest absolute Gasteiger partial charge is 0.313 e. The summed E-state index contributed by atoms with van der Waals surface area (Å²) in [5.74, 6) is 0.887. The average molecular weight is 306 g/mol. The maximum absolute atomic E-state index is 3.78. The zero-order valence-corrected chi connectivity index (χ0v) is 14.7. The minimum atomic E-state index is 0.661. The lowest BCUT2D eigenvalue weighted by Gasteiger charge is -2.28. The van der Waals surface area contributed by atoms with Gasteiger partial charge in [0.2, 0.25) is 0 Å². The monoisotopic (exact) mass is 305 g/mol. The minimum absolute atomic E-state index is 0.661. The van der Waals surface area contributed by atoms with Gasteiger partial charge in [-0.3, -0.25) is 0 Å². The van der Waals surface area contributed by atoms with Gasteiger partial charge in [-0.2, -0.15) is 0 Å². The first-order valence-electron chi connectivity index (χ1n) is 8.76. The average Bonchev–Trinajstić information content (AvgIpc) is 2.94. The van der Waals surface area contributed by atoms with Gasteiger partial charge < -0.3 is 5.32 Å². The fourth-order valence-corrected chi connectivity index (χ4v) is 4.82. The standard InChI is InChI=1S/C19H31NS/c1-4-7-10-15(5-2)13-17(20-6-3)19-14-16-11-8-9-12-18(16)21-19/h8-9,11-12,15,17,19-20H,4-7,10,13-14H2,1-3H3. The van der Waals surface area contributed by atoms with Crippen molar-refractivity contribution in [3.63, 3.8) is 0 Å². The van der Waals surface area contributed by atoms with Crippen LogP contribution in [-0.4, -0.2) is 17.8 Å². The molecular formula is C19H31NS. The van der Waals surface area contributed by atoms with Crippen molar-refractivity contribution in [2.75, 3.05) is 6.54 Å². The van der Waals surface area contributed by atoms with Crippen molar-refractivity contribution in [3.05, 3.63) is 29.8 Å². The molecule has 2 heteroatoms. The quantitative estimate of drug-likeness (QED) is 0.665. The molecule has 0 saturated carbocycles. The fourth-order valence-electron chi connectivity index (χ4n) is 3.40. The van der Waals surface area contributed by atoms with Crippen LogP contribution in [0.1, 0.15) is 58.4 Å². The number of fused-ring (bicyclic) bond motifs is 1. The summed E-state index contributed by atoms with van der Waals surface area (Å²) in [6.45, 7) is 7.99. The van der Waals surface area contributed by atoms with Crippen LogP contribution >= 0.6 is 11.8 Å². The van der Waals surface area contributed by atoms with Crippen molar-refractivity contribution in [2.45, 2.75) is 75.5 Å². The first kappa shape index (κ1) is 16.9. The minimum Gasteiger partial charge on any atom is -0.313 e. The molecule has 0 saturated heterocycles. The van der Waals surface area contributed by atoms with E-state index in [9.17, 15) is 0 Å². The molecule has 1 aromatic rings. The lowest BCUT2D eigenvalue weighted by Crippen LogP contribution is -2.39. The van der Waals surface area contributed by atoms with Crippen molar-refractivity contribution in [3.8, 4) is 0 Å². The number of nitrogens with one attached hydrogen (secondary N) is 1. The second-order valence-electron chi connectivity index (χ2n) is 6.28. The summed E-state index contributed by atoms with van der Waals surface area (Å²) >= 11 is 2.10. The van der Waals surface area contributed by atoms with Gasteiger partial charge in [0, 0.05) is 16.2 Å². The van der Waals surface area contributed by atoms with Crippen LogP contribution in [0.4, 0.5) is 0 Å². The van der Waals surface area contributed by atoms with Gasteiger partial charge in [0.05, 0.1) is 0 Å². The molecule has 3 unspecified atom stereocenters. The van der Waals surface area contributed by atoms with Crippen LogP contribution in [0.3, 0.4) is 0 Å². The molecule has 1 aliphatic heterocycles. The van der Waals surface area contributed by atoms with Gasteiger partial charge in [0.25, 0.3) is 0 Å². The normalized spacial score (nSPS) is 20.2. The maximum atomic E-state index is 3.78. The van der Waals surface area contributed by atoms with Crippen LogP contribution in [0.5, 0.6) is 0 Å². The van der Waals surface area contributed by atoms with Crippen molar-refractivity contribution in [1.82, 2.24) is 5.32 Å². The zero-order valence-electron chi connectivity index (χ0n) is 13.9. The smallest absolute Gasteiger partial charge is 0.0289 e. The summed E-state index contributed by atoms with van der Waals surface area (Å²) in [4.78, 5) is 1.51. The summed E-state index contributed by atoms with van der Waals surface area (Å²) in [5.41, 5.74) is 1.55. The van der Waals surface area contributed by atoms with Gasteiger partial charge in [0.1, 0.15) is 0 Å². The molecule has 1 aromatic carbocycles. The molecule has 1 nitrogen and oxygen atoms in total. The molecule has 0 bridgehead atoms. The van der Waals surface area contributed by atoms with Crippen LogP contribution in [-0.2, 0) is 6.42 Å². The van der Waals surface area contributed by atoms with E-state index in [0.717, 1.165) is 17.7 Å². The number of unbranched alkanes of at least 4 members (excludes halogenated alkanes) is 1. The first-order chi connectivity index (χ1) is 10.3. The molecule has 0 spiro atoms. The van der Waals surface area contributed by atoms with Crippen LogP contribution in [0, 0.1) is 5.92 Å². The second-order valence-corrected chi connectivity index (χ2v) is 7.57. The van der Waals surface area contributed by atoms with E-state index < -0.39 is 0 Å². The summed E-state index contributed by atoms with van der Waals surface area (Å²) < 4.78 is 0. The lowest BCUT2D eigenvalue weighted by molar-refractivity contribution is 0.346. The van der Waals surface area contributed by atoms with E-state index in [1.165, 1.54) is 43.4 Å². The van der Waals surface area contributed by atoms with Crippen molar-refractivity contribution >= 4 is 11.8 Å². The highest BCUT2D eigenvalue weighted by Gasteiger charge is 2.30. The van der Waals surface area contributed by atoms with Crippen LogP contribution < -0.4 is 5.32 Å². The van der Waals surface area contributed by atoms with Crippen LogP contribution in [0.2, 0.25) is 0 Å². The van der Waals surface area contributed by atoms with Gasteiger partial charge in [-0.25, -0.2) is 0 Å². The molecule has 3 atom stereocenters. The molecular weight excluding hydrogens is 274 g/mol. The summed E-state index contributed by atoms with van der Waals surface area (Å²) in [7, 11) is 0. The van der Waals surface area contributed by atoms with E-state index in [2.05, 4.69) is 62.1 Å². The summed E-state index contributed by atoms with van der Waals surface area (Å²) in [5, 5.41) is 4.50. The molecule has 1 N–H and O–H groups in total. The molecule has 1 aliphatic rings. The third-order valence-electron chi connectivity index (χ3n) is 4.72. The number of hydrogen-bond acceptors (Lipinski definition) is 2. The summed E-state index contributed by atoms with van der Waals surface area (Å²) in [6, 6.07) is 9.61. The molecule has 0 fully saturated rings. The predicted octanol–water partition coefficient (Wildman–Crippen LogP) is 5.29. The Morgan fingerprint density at radius 2 is 2.05 bits per heavy atom. The van der Waals surface area contributed by atoms with Gasteiger partial charge >= 0.3 is 0 Å². The molecule has 118 valence electrons. The van der Waals surface area contributed by atoms with E-state index in [-0.39, 0.29) is 0 Å². The Hall–Kier alpha value is -0.470. The van der Waals surface area contributed by atoms with Gasteiger partial charge in [-0.05, 0) is 36.9 Å². The second kappa shape index (κ2) is 8.85. The van der Waals surface area contributed by atoms with E-state index >= 15 is 0 Å². The topological polar surface area (TPSA) is 12.0 Å². The Morgan fingerprint density at radius 1 is 1.24 bits per heavy atom. The maximum Gasteiger partial charge on any atom is 0.0289 e. The van der Waals surface area contributed by atoms with Crippen molar-refractivity contribution in [2.24, 2.45) is 5.92 Å². The SMILES string of the molecule is CCCCC(CC)CC(NCC)C1Cc2ccccc2S1. The number of hydrogen-bond donors (Lipinski definition) is 1. The Labute approximate surface area is 135 Å². The fraction of sp³-hybridized carbons (Fsp3) is 0.684. The zero-order chi connectivity index (χ0) is 15.1. The predicted molar refractivity (Wildman–Crippen MR) is 95.2 cm³/mol. The Kier molecular flexibility index (Phi) is 7.12. The number of thioether (sulfide) groups is 1. The molecule has 1 heterocycles. The Morgan fingerprint density at radius 3 is 2.71 bits per heavy atom. The van der Waals surface area contributed by atoms with E-state index in [1.807, 2.05) is 0 Å². The first-order valence-corrected chi connectivity index (χ1v) is 9.64. The Balaban J connectivity index is 1.96. The van der Waals surface area contributed by atoms with E-state index in [4.69, 9.17) is 0 Å². The van der Waals surface area contributed by atoms with Crippen LogP contribution in [0.15, 0.2) is 29.2 Å². The Bertz CT molecular complexity index is 393. The third-order valence-corrected chi connectivity index (χ3v) is 6.17. The van der Waals surface area contributed by atoms with Crippen molar-refractivity contribution in [1.29, 1.82) is 0 Å². The molecule has 2 rings (SSSR count). The lowest BCUT2D eigenvalue weighted by atomic mass is 9.89. The van der Waals surface area contributed by atoms with Crippen molar-refractivity contribution < 1.29 is 0 Å². The molecule has 21 heavy (non-hydrogen) atoms. The number of rotatable bonds is 9. The number of benzene rings is 1. The van der Waals surface area contributed by atoms with Crippen LogP contribution in [0.25, 0.3) is 0 Å². The highest BCUT2D eigenvalue weighted by atomic mass is 32.2. The third kappa shape index (κ3) is 4.75. The highest BCUT2D eigenvalue weighted by Crippen LogP contribution is 2.40. The van der Waals surface area contributed by atoms with Gasteiger partial charge in [-0.1, -0.05) is 64.7 Å². The van der Waals surface area contributed by atoms with E-state index in [1.54, 1.807) is 5.56 Å². The molecule has 0 radical (unpaired) electrons. The highest BCUT2D eigenvalue weighted by molar-refractivity contribution is 8.00. The molecule has 0 aliphatic carbocycles. The molecule has 0 aromatic heterocycles. The van der Waals surface area contributed by atoms with E-state index in [0.29, 0.717) is 6.04 Å². The van der Waals surface area contributed by atoms with Gasteiger partial charge in [0.15, 0.2) is 0 Å². The molecule has 0 amide bonds.